The Morgan fingerprint density at radius 2 is 2.13 bits per heavy atom. The van der Waals surface area contributed by atoms with Crippen LogP contribution in [0.2, 0.25) is 5.02 Å². The van der Waals surface area contributed by atoms with Crippen LogP contribution in [0.25, 0.3) is 10.9 Å². The maximum absolute atomic E-state index is 12.7. The Balaban J connectivity index is 1.59. The fourth-order valence-electron chi connectivity index (χ4n) is 3.17. The Morgan fingerprint density at radius 3 is 2.87 bits per heavy atom. The van der Waals surface area contributed by atoms with Crippen molar-refractivity contribution in [1.29, 1.82) is 0 Å². The molecule has 2 heterocycles. The number of aromatic amines is 1. The van der Waals surface area contributed by atoms with Gasteiger partial charge in [-0.15, -0.1) is 0 Å². The summed E-state index contributed by atoms with van der Waals surface area (Å²) in [7, 11) is 0. The van der Waals surface area contributed by atoms with Gasteiger partial charge in [0.15, 0.2) is 5.78 Å². The molecule has 0 aliphatic heterocycles. The smallest absolute Gasteiger partial charge is 0.179 e. The summed E-state index contributed by atoms with van der Waals surface area (Å²) in [4.78, 5) is 20.4. The molecule has 4 rings (SSSR count). The minimum atomic E-state index is 0.139. The first-order valence-electron chi connectivity index (χ1n) is 7.93. The molecule has 0 bridgehead atoms. The van der Waals surface area contributed by atoms with Gasteiger partial charge in [-0.25, -0.2) is 0 Å². The third-order valence-electron chi connectivity index (χ3n) is 4.55. The van der Waals surface area contributed by atoms with E-state index in [1.165, 1.54) is 12.8 Å². The zero-order valence-corrected chi connectivity index (χ0v) is 13.4. The van der Waals surface area contributed by atoms with Crippen molar-refractivity contribution in [2.75, 3.05) is 0 Å². The second kappa shape index (κ2) is 5.82. The quantitative estimate of drug-likeness (QED) is 0.672. The summed E-state index contributed by atoms with van der Waals surface area (Å²) >= 11 is 6.01. The number of hydrogen-bond donors (Lipinski definition) is 1. The number of pyridine rings is 1. The van der Waals surface area contributed by atoms with Crippen LogP contribution < -0.4 is 0 Å². The number of ketones is 1. The highest BCUT2D eigenvalue weighted by Gasteiger charge is 2.34. The van der Waals surface area contributed by atoms with Crippen molar-refractivity contribution in [2.24, 2.45) is 5.92 Å². The molecule has 4 heteroatoms. The van der Waals surface area contributed by atoms with Gasteiger partial charge in [0.1, 0.15) is 0 Å². The van der Waals surface area contributed by atoms with Gasteiger partial charge in [-0.05, 0) is 55.2 Å². The lowest BCUT2D eigenvalue weighted by Gasteiger charge is -2.14. The van der Waals surface area contributed by atoms with Gasteiger partial charge in [0.05, 0.1) is 5.69 Å². The number of nitrogens with zero attached hydrogens (tertiary/aromatic N) is 1. The predicted octanol–water partition coefficient (Wildman–Crippen LogP) is 4.98. The zero-order valence-electron chi connectivity index (χ0n) is 12.6. The Labute approximate surface area is 139 Å². The largest absolute Gasteiger partial charge is 0.352 e. The van der Waals surface area contributed by atoms with Crippen molar-refractivity contribution in [2.45, 2.75) is 25.2 Å². The normalized spacial score (nSPS) is 15.7. The molecule has 1 unspecified atom stereocenters. The molecule has 0 radical (unpaired) electrons. The van der Waals surface area contributed by atoms with Gasteiger partial charge in [0.25, 0.3) is 0 Å². The van der Waals surface area contributed by atoms with E-state index in [1.54, 1.807) is 6.20 Å². The molecule has 1 aliphatic carbocycles. The number of carbonyl (C=O) groups excluding carboxylic acids is 1. The first-order chi connectivity index (χ1) is 11.2. The number of benzene rings is 1. The molecular weight excluding hydrogens is 308 g/mol. The molecule has 3 aromatic rings. The number of aromatic nitrogens is 2. The first kappa shape index (κ1) is 14.5. The lowest BCUT2D eigenvalue weighted by molar-refractivity contribution is 0.0965. The molecular formula is C19H17ClN2O. The molecule has 116 valence electrons. The molecule has 1 aliphatic rings. The maximum atomic E-state index is 12.7. The summed E-state index contributed by atoms with van der Waals surface area (Å²) in [5, 5.41) is 1.65. The Kier molecular flexibility index (Phi) is 3.66. The van der Waals surface area contributed by atoms with Crippen LogP contribution in [0.5, 0.6) is 0 Å². The molecule has 23 heavy (non-hydrogen) atoms. The van der Waals surface area contributed by atoms with Crippen LogP contribution in [0.15, 0.2) is 48.7 Å². The van der Waals surface area contributed by atoms with Crippen LogP contribution in [0.4, 0.5) is 0 Å². The summed E-state index contributed by atoms with van der Waals surface area (Å²) in [6, 6.07) is 13.4. The van der Waals surface area contributed by atoms with Crippen LogP contribution >= 0.6 is 11.6 Å². The monoisotopic (exact) mass is 324 g/mol. The van der Waals surface area contributed by atoms with E-state index in [1.807, 2.05) is 42.5 Å². The molecule has 2 aromatic heterocycles. The number of H-pyrrole nitrogens is 1. The van der Waals surface area contributed by atoms with Crippen LogP contribution in [-0.4, -0.2) is 15.8 Å². The highest BCUT2D eigenvalue weighted by molar-refractivity contribution is 6.31. The second-order valence-corrected chi connectivity index (χ2v) is 6.68. The number of rotatable bonds is 5. The van der Waals surface area contributed by atoms with E-state index in [0.717, 1.165) is 16.6 Å². The van der Waals surface area contributed by atoms with Gasteiger partial charge in [0.2, 0.25) is 0 Å². The first-order valence-corrected chi connectivity index (χ1v) is 8.31. The zero-order chi connectivity index (χ0) is 15.8. The number of hydrogen-bond acceptors (Lipinski definition) is 2. The number of fused-ring (bicyclic) bond motifs is 1. The predicted molar refractivity (Wildman–Crippen MR) is 92.0 cm³/mol. The summed E-state index contributed by atoms with van der Waals surface area (Å²) < 4.78 is 0. The van der Waals surface area contributed by atoms with Gasteiger partial charge < -0.3 is 4.98 Å². The highest BCUT2D eigenvalue weighted by Crippen LogP contribution is 2.44. The highest BCUT2D eigenvalue weighted by atomic mass is 35.5. The molecule has 0 spiro atoms. The van der Waals surface area contributed by atoms with Crippen molar-refractivity contribution >= 4 is 28.3 Å². The third-order valence-corrected chi connectivity index (χ3v) is 4.78. The molecule has 1 saturated carbocycles. The van der Waals surface area contributed by atoms with Crippen LogP contribution in [-0.2, 0) is 0 Å². The van der Waals surface area contributed by atoms with Crippen LogP contribution in [0, 0.1) is 5.92 Å². The van der Waals surface area contributed by atoms with Gasteiger partial charge >= 0.3 is 0 Å². The van der Waals surface area contributed by atoms with E-state index in [-0.39, 0.29) is 11.7 Å². The molecule has 3 nitrogen and oxygen atoms in total. The number of Topliss-reactive ketones (excluding diaryl/α,β-unsaturated/α-hetero) is 1. The molecule has 1 aromatic carbocycles. The van der Waals surface area contributed by atoms with E-state index < -0.39 is 0 Å². The standard InChI is InChI=1S/C19H17ClN2O/c20-14-6-7-16-13(9-14)10-18(22-16)19(23)11-15(12-4-5-12)17-3-1-2-8-21-17/h1-3,6-10,12,15,22H,4-5,11H2. The van der Waals surface area contributed by atoms with E-state index in [0.29, 0.717) is 23.1 Å². The molecule has 1 fully saturated rings. The SMILES string of the molecule is O=C(CC(c1ccccn1)C1CC1)c1cc2cc(Cl)ccc2[nH]1. The molecule has 0 amide bonds. The van der Waals surface area contributed by atoms with Crippen molar-refractivity contribution in [3.05, 3.63) is 65.1 Å². The molecule has 0 saturated heterocycles. The van der Waals surface area contributed by atoms with Crippen molar-refractivity contribution in [1.82, 2.24) is 9.97 Å². The Morgan fingerprint density at radius 1 is 1.26 bits per heavy atom. The minimum Gasteiger partial charge on any atom is -0.352 e. The van der Waals surface area contributed by atoms with E-state index in [4.69, 9.17) is 11.6 Å². The molecule has 1 N–H and O–H groups in total. The van der Waals surface area contributed by atoms with E-state index in [9.17, 15) is 4.79 Å². The summed E-state index contributed by atoms with van der Waals surface area (Å²) in [6.07, 6.45) is 4.69. The van der Waals surface area contributed by atoms with Gasteiger partial charge in [-0.3, -0.25) is 9.78 Å². The summed E-state index contributed by atoms with van der Waals surface area (Å²) in [5.41, 5.74) is 2.63. The van der Waals surface area contributed by atoms with Crippen molar-refractivity contribution in [3.63, 3.8) is 0 Å². The minimum absolute atomic E-state index is 0.139. The van der Waals surface area contributed by atoms with Gasteiger partial charge in [-0.2, -0.15) is 0 Å². The molecule has 1 atom stereocenters. The van der Waals surface area contributed by atoms with E-state index in [2.05, 4.69) is 9.97 Å². The van der Waals surface area contributed by atoms with Gasteiger partial charge in [0, 0.05) is 40.2 Å². The lowest BCUT2D eigenvalue weighted by Crippen LogP contribution is -2.11. The van der Waals surface area contributed by atoms with Crippen LogP contribution in [0.3, 0.4) is 0 Å². The second-order valence-electron chi connectivity index (χ2n) is 6.24. The average molecular weight is 325 g/mol. The lowest BCUT2D eigenvalue weighted by atomic mass is 9.92. The Bertz CT molecular complexity index is 852. The van der Waals surface area contributed by atoms with Gasteiger partial charge in [-0.1, -0.05) is 17.7 Å². The van der Waals surface area contributed by atoms with Crippen molar-refractivity contribution in [3.8, 4) is 0 Å². The Hall–Kier alpha value is -2.13. The average Bonchev–Trinajstić information content (AvgIpc) is 3.32. The fraction of sp³-hybridized carbons (Fsp3) is 0.263. The fourth-order valence-corrected chi connectivity index (χ4v) is 3.35. The van der Waals surface area contributed by atoms with Crippen LogP contribution in [0.1, 0.15) is 41.4 Å². The van der Waals surface area contributed by atoms with Crippen molar-refractivity contribution < 1.29 is 4.79 Å². The summed E-state index contributed by atoms with van der Waals surface area (Å²) in [6.45, 7) is 0. The number of carbonyl (C=O) groups is 1. The number of nitrogens with one attached hydrogen (secondary N) is 1. The number of halogens is 1. The summed E-state index contributed by atoms with van der Waals surface area (Å²) in [5.74, 6) is 0.950. The van der Waals surface area contributed by atoms with E-state index >= 15 is 0 Å². The topological polar surface area (TPSA) is 45.8 Å². The third kappa shape index (κ3) is 3.02. The maximum Gasteiger partial charge on any atom is 0.179 e.